The van der Waals surface area contributed by atoms with Crippen molar-refractivity contribution in [1.29, 1.82) is 0 Å². The number of benzene rings is 1. The maximum atomic E-state index is 2.40. The predicted molar refractivity (Wildman–Crippen MR) is 96.3 cm³/mol. The molecule has 0 fully saturated rings. The number of anilines is 1. The molecule has 0 aromatic heterocycles. The van der Waals surface area contributed by atoms with Gasteiger partial charge in [-0.2, -0.15) is 0 Å². The average Bonchev–Trinajstić information content (AvgIpc) is 2.49. The van der Waals surface area contributed by atoms with Gasteiger partial charge in [-0.15, -0.1) is 0 Å². The first-order valence-corrected chi connectivity index (χ1v) is 9.02. The van der Waals surface area contributed by atoms with E-state index in [4.69, 9.17) is 0 Å². The lowest BCUT2D eigenvalue weighted by molar-refractivity contribution is 0.556. The van der Waals surface area contributed by atoms with Crippen LogP contribution in [0, 0.1) is 6.92 Å². The zero-order valence-corrected chi connectivity index (χ0v) is 14.5. The van der Waals surface area contributed by atoms with Gasteiger partial charge in [-0.05, 0) is 25.0 Å². The van der Waals surface area contributed by atoms with E-state index < -0.39 is 0 Å². The molecule has 0 heterocycles. The average molecular weight is 290 g/mol. The largest absolute Gasteiger partial charge is 0.374 e. The van der Waals surface area contributed by atoms with Crippen LogP contribution in [0.4, 0.5) is 5.69 Å². The molecule has 21 heavy (non-hydrogen) atoms. The second-order valence-electron chi connectivity index (χ2n) is 6.39. The van der Waals surface area contributed by atoms with Gasteiger partial charge in [0.25, 0.3) is 0 Å². The van der Waals surface area contributed by atoms with Crippen molar-refractivity contribution in [1.82, 2.24) is 0 Å². The van der Waals surface area contributed by atoms with Crippen LogP contribution in [0.2, 0.25) is 0 Å². The van der Waals surface area contributed by atoms with Crippen LogP contribution < -0.4 is 4.90 Å². The van der Waals surface area contributed by atoms with Crippen molar-refractivity contribution < 1.29 is 0 Å². The highest BCUT2D eigenvalue weighted by Crippen LogP contribution is 2.18. The van der Waals surface area contributed by atoms with Crippen molar-refractivity contribution >= 4 is 5.69 Å². The SMILES string of the molecule is CCCCCCCCCCCCN(C)c1ccccc1C. The summed E-state index contributed by atoms with van der Waals surface area (Å²) in [4.78, 5) is 2.40. The third-order valence-corrected chi connectivity index (χ3v) is 4.37. The lowest BCUT2D eigenvalue weighted by Gasteiger charge is -2.21. The van der Waals surface area contributed by atoms with E-state index in [0.717, 1.165) is 0 Å². The quantitative estimate of drug-likeness (QED) is 0.405. The topological polar surface area (TPSA) is 3.24 Å². The van der Waals surface area contributed by atoms with E-state index in [1.54, 1.807) is 0 Å². The van der Waals surface area contributed by atoms with Crippen molar-refractivity contribution in [2.75, 3.05) is 18.5 Å². The number of para-hydroxylation sites is 1. The molecular weight excluding hydrogens is 254 g/mol. The van der Waals surface area contributed by atoms with Crippen LogP contribution in [-0.2, 0) is 0 Å². The van der Waals surface area contributed by atoms with Gasteiger partial charge in [-0.1, -0.05) is 82.9 Å². The third kappa shape index (κ3) is 8.14. The fourth-order valence-electron chi connectivity index (χ4n) is 2.95. The molecule has 120 valence electrons. The van der Waals surface area contributed by atoms with Crippen molar-refractivity contribution in [2.24, 2.45) is 0 Å². The van der Waals surface area contributed by atoms with Crippen molar-refractivity contribution in [3.8, 4) is 0 Å². The Kier molecular flexibility index (Phi) is 10.0. The summed E-state index contributed by atoms with van der Waals surface area (Å²) >= 11 is 0. The minimum Gasteiger partial charge on any atom is -0.374 e. The summed E-state index contributed by atoms with van der Waals surface area (Å²) in [7, 11) is 2.22. The molecule has 0 saturated carbocycles. The number of rotatable bonds is 12. The van der Waals surface area contributed by atoms with Gasteiger partial charge >= 0.3 is 0 Å². The molecule has 0 N–H and O–H groups in total. The summed E-state index contributed by atoms with van der Waals surface area (Å²) in [5.41, 5.74) is 2.76. The van der Waals surface area contributed by atoms with Gasteiger partial charge in [0.2, 0.25) is 0 Å². The maximum Gasteiger partial charge on any atom is 0.0393 e. The van der Waals surface area contributed by atoms with Crippen LogP contribution in [-0.4, -0.2) is 13.6 Å². The molecule has 0 radical (unpaired) electrons. The molecule has 1 nitrogen and oxygen atoms in total. The molecule has 0 aliphatic heterocycles. The van der Waals surface area contributed by atoms with Gasteiger partial charge in [-0.3, -0.25) is 0 Å². The molecule has 0 spiro atoms. The molecule has 1 aromatic rings. The van der Waals surface area contributed by atoms with Crippen molar-refractivity contribution in [3.63, 3.8) is 0 Å². The molecule has 1 heteroatoms. The smallest absolute Gasteiger partial charge is 0.0393 e. The first-order valence-electron chi connectivity index (χ1n) is 9.02. The molecule has 0 unspecified atom stereocenters. The van der Waals surface area contributed by atoms with Crippen LogP contribution in [0.3, 0.4) is 0 Å². The minimum atomic E-state index is 1.18. The van der Waals surface area contributed by atoms with E-state index in [1.165, 1.54) is 82.0 Å². The van der Waals surface area contributed by atoms with Gasteiger partial charge < -0.3 is 4.90 Å². The lowest BCUT2D eigenvalue weighted by atomic mass is 10.1. The summed E-state index contributed by atoms with van der Waals surface area (Å²) in [5.74, 6) is 0. The van der Waals surface area contributed by atoms with Gasteiger partial charge in [0.15, 0.2) is 0 Å². The summed E-state index contributed by atoms with van der Waals surface area (Å²) in [6.45, 7) is 5.67. The summed E-state index contributed by atoms with van der Waals surface area (Å²) < 4.78 is 0. The minimum absolute atomic E-state index is 1.18. The molecule has 0 aliphatic carbocycles. The zero-order valence-electron chi connectivity index (χ0n) is 14.5. The van der Waals surface area contributed by atoms with Crippen LogP contribution in [0.15, 0.2) is 24.3 Å². The normalized spacial score (nSPS) is 10.8. The fraction of sp³-hybridized carbons (Fsp3) is 0.700. The third-order valence-electron chi connectivity index (χ3n) is 4.37. The molecule has 1 aromatic carbocycles. The second kappa shape index (κ2) is 11.7. The molecule has 0 saturated heterocycles. The van der Waals surface area contributed by atoms with Crippen molar-refractivity contribution in [2.45, 2.75) is 78.1 Å². The summed E-state index contributed by atoms with van der Waals surface area (Å²) in [6.07, 6.45) is 14.1. The Balaban J connectivity index is 1.98. The maximum absolute atomic E-state index is 2.40. The lowest BCUT2D eigenvalue weighted by Crippen LogP contribution is -2.19. The van der Waals surface area contributed by atoms with Crippen LogP contribution >= 0.6 is 0 Å². The molecule has 0 bridgehead atoms. The Hall–Kier alpha value is -0.980. The number of aryl methyl sites for hydroxylation is 1. The molecule has 0 atom stereocenters. The first-order chi connectivity index (χ1) is 10.3. The van der Waals surface area contributed by atoms with Gasteiger partial charge in [0, 0.05) is 19.3 Å². The van der Waals surface area contributed by atoms with Crippen LogP contribution in [0.1, 0.15) is 76.7 Å². The highest BCUT2D eigenvalue weighted by atomic mass is 15.1. The van der Waals surface area contributed by atoms with Gasteiger partial charge in [-0.25, -0.2) is 0 Å². The predicted octanol–water partition coefficient (Wildman–Crippen LogP) is 6.35. The number of hydrogen-bond acceptors (Lipinski definition) is 1. The second-order valence-corrected chi connectivity index (χ2v) is 6.39. The van der Waals surface area contributed by atoms with E-state index in [9.17, 15) is 0 Å². The van der Waals surface area contributed by atoms with Crippen LogP contribution in [0.25, 0.3) is 0 Å². The first kappa shape index (κ1) is 18.1. The highest BCUT2D eigenvalue weighted by Gasteiger charge is 2.02. The Morgan fingerprint density at radius 1 is 0.762 bits per heavy atom. The highest BCUT2D eigenvalue weighted by molar-refractivity contribution is 5.52. The standard InChI is InChI=1S/C20H35N/c1-4-5-6-7-8-9-10-11-12-15-18-21(3)20-17-14-13-16-19(20)2/h13-14,16-17H,4-12,15,18H2,1-3H3. The Morgan fingerprint density at radius 3 is 1.86 bits per heavy atom. The van der Waals surface area contributed by atoms with E-state index in [0.29, 0.717) is 0 Å². The Bertz CT molecular complexity index is 359. The van der Waals surface area contributed by atoms with E-state index in [2.05, 4.69) is 50.1 Å². The van der Waals surface area contributed by atoms with Gasteiger partial charge in [0.1, 0.15) is 0 Å². The Labute approximate surface area is 132 Å². The molecule has 0 aliphatic rings. The zero-order chi connectivity index (χ0) is 15.3. The number of hydrogen-bond donors (Lipinski definition) is 0. The fourth-order valence-corrected chi connectivity index (χ4v) is 2.95. The molecular formula is C20H35N. The molecule has 0 amide bonds. The van der Waals surface area contributed by atoms with Crippen LogP contribution in [0.5, 0.6) is 0 Å². The van der Waals surface area contributed by atoms with Crippen molar-refractivity contribution in [3.05, 3.63) is 29.8 Å². The molecule has 1 rings (SSSR count). The summed E-state index contributed by atoms with van der Waals surface area (Å²) in [6, 6.07) is 8.68. The Morgan fingerprint density at radius 2 is 1.29 bits per heavy atom. The van der Waals surface area contributed by atoms with E-state index in [1.807, 2.05) is 0 Å². The van der Waals surface area contributed by atoms with E-state index in [-0.39, 0.29) is 0 Å². The van der Waals surface area contributed by atoms with E-state index >= 15 is 0 Å². The number of nitrogens with zero attached hydrogens (tertiary/aromatic N) is 1. The van der Waals surface area contributed by atoms with Gasteiger partial charge in [0.05, 0.1) is 0 Å². The monoisotopic (exact) mass is 289 g/mol. The number of unbranched alkanes of at least 4 members (excludes halogenated alkanes) is 9. The summed E-state index contributed by atoms with van der Waals surface area (Å²) in [5, 5.41) is 0.